The Hall–Kier alpha value is -1.02. The van der Waals surface area contributed by atoms with Crippen molar-refractivity contribution in [2.45, 2.75) is 26.3 Å². The molecule has 0 bridgehead atoms. The van der Waals surface area contributed by atoms with Crippen LogP contribution in [-0.2, 0) is 27.6 Å². The van der Waals surface area contributed by atoms with Crippen LogP contribution in [0.2, 0.25) is 0 Å². The van der Waals surface area contributed by atoms with Gasteiger partial charge in [0.05, 0.1) is 24.0 Å². The Kier molecular flexibility index (Phi) is 3.96. The van der Waals surface area contributed by atoms with Gasteiger partial charge in [-0.25, -0.2) is 8.42 Å². The highest BCUT2D eigenvalue weighted by Gasteiger charge is 2.32. The molecule has 2 rings (SSSR count). The maximum absolute atomic E-state index is 11.8. The molecule has 1 atom stereocenters. The van der Waals surface area contributed by atoms with Crippen LogP contribution in [0.1, 0.15) is 23.4 Å². The summed E-state index contributed by atoms with van der Waals surface area (Å²) in [5.74, 6) is -0.531. The lowest BCUT2D eigenvalue weighted by Crippen LogP contribution is -2.30. The van der Waals surface area contributed by atoms with Crippen LogP contribution >= 0.6 is 11.3 Å². The number of carbonyl (C=O) groups excluding carboxylic acids is 1. The van der Waals surface area contributed by atoms with Gasteiger partial charge in [0.1, 0.15) is 10.0 Å². The summed E-state index contributed by atoms with van der Waals surface area (Å²) in [6.07, 6.45) is 1.25. The first-order chi connectivity index (χ1) is 8.50. The van der Waals surface area contributed by atoms with Crippen LogP contribution in [0.5, 0.6) is 0 Å². The fraction of sp³-hybridized carbons (Fsp3) is 0.700. The molecule has 1 amide bonds. The minimum absolute atomic E-state index is 0.0326. The van der Waals surface area contributed by atoms with E-state index in [0.717, 1.165) is 16.4 Å². The van der Waals surface area contributed by atoms with Gasteiger partial charge in [0.2, 0.25) is 5.91 Å². The molecule has 1 N–H and O–H groups in total. The topological polar surface area (TPSA) is 89.0 Å². The van der Waals surface area contributed by atoms with Gasteiger partial charge < -0.3 is 5.32 Å². The predicted molar refractivity (Wildman–Crippen MR) is 67.9 cm³/mol. The molecule has 0 saturated carbocycles. The summed E-state index contributed by atoms with van der Waals surface area (Å²) in [5, 5.41) is 12.3. The van der Waals surface area contributed by atoms with E-state index in [-0.39, 0.29) is 17.4 Å². The molecule has 1 saturated heterocycles. The first kappa shape index (κ1) is 13.4. The van der Waals surface area contributed by atoms with Gasteiger partial charge in [-0.2, -0.15) is 0 Å². The standard InChI is InChI=1S/C10H15N3O3S2/c1-2-8-12-13-9(17-8)5-11-10(14)7-3-4-18(15,16)6-7/h7H,2-6H2,1H3,(H,11,14)/t7-/m1/s1. The highest BCUT2D eigenvalue weighted by molar-refractivity contribution is 7.91. The molecule has 1 aliphatic heterocycles. The van der Waals surface area contributed by atoms with Crippen molar-refractivity contribution in [3.63, 3.8) is 0 Å². The van der Waals surface area contributed by atoms with Crippen molar-refractivity contribution in [2.24, 2.45) is 5.92 Å². The number of carbonyl (C=O) groups is 1. The van der Waals surface area contributed by atoms with Crippen molar-refractivity contribution in [3.05, 3.63) is 10.0 Å². The van der Waals surface area contributed by atoms with E-state index in [9.17, 15) is 13.2 Å². The summed E-state index contributed by atoms with van der Waals surface area (Å²) in [6.45, 7) is 2.32. The molecule has 8 heteroatoms. The highest BCUT2D eigenvalue weighted by atomic mass is 32.2. The number of hydrogen-bond donors (Lipinski definition) is 1. The third kappa shape index (κ3) is 3.26. The maximum Gasteiger partial charge on any atom is 0.224 e. The molecule has 0 aliphatic carbocycles. The minimum atomic E-state index is -3.01. The average molecular weight is 289 g/mol. The number of amides is 1. The molecule has 1 fully saturated rings. The molecule has 1 aromatic heterocycles. The van der Waals surface area contributed by atoms with Gasteiger partial charge in [-0.3, -0.25) is 4.79 Å². The molecular weight excluding hydrogens is 274 g/mol. The van der Waals surface area contributed by atoms with Crippen molar-refractivity contribution < 1.29 is 13.2 Å². The van der Waals surface area contributed by atoms with Crippen LogP contribution in [0, 0.1) is 5.92 Å². The molecule has 1 aliphatic rings. The van der Waals surface area contributed by atoms with Crippen molar-refractivity contribution in [3.8, 4) is 0 Å². The second-order valence-corrected chi connectivity index (χ2v) is 7.64. The largest absolute Gasteiger partial charge is 0.349 e. The number of aryl methyl sites for hydroxylation is 1. The zero-order valence-corrected chi connectivity index (χ0v) is 11.7. The molecule has 0 spiro atoms. The molecule has 0 unspecified atom stereocenters. The van der Waals surface area contributed by atoms with E-state index in [0.29, 0.717) is 13.0 Å². The van der Waals surface area contributed by atoms with E-state index < -0.39 is 15.8 Å². The van der Waals surface area contributed by atoms with E-state index in [1.165, 1.54) is 11.3 Å². The van der Waals surface area contributed by atoms with Crippen molar-refractivity contribution in [2.75, 3.05) is 11.5 Å². The van der Waals surface area contributed by atoms with E-state index in [1.807, 2.05) is 6.92 Å². The lowest BCUT2D eigenvalue weighted by molar-refractivity contribution is -0.124. The monoisotopic (exact) mass is 289 g/mol. The summed E-state index contributed by atoms with van der Waals surface area (Å²) in [4.78, 5) is 11.8. The summed E-state index contributed by atoms with van der Waals surface area (Å²) < 4.78 is 22.5. The van der Waals surface area contributed by atoms with Gasteiger partial charge in [-0.1, -0.05) is 18.3 Å². The second-order valence-electron chi connectivity index (χ2n) is 4.26. The minimum Gasteiger partial charge on any atom is -0.349 e. The number of nitrogens with zero attached hydrogens (tertiary/aromatic N) is 2. The second kappa shape index (κ2) is 5.31. The SMILES string of the molecule is CCc1nnc(CNC(=O)[C@@H]2CCS(=O)(=O)C2)s1. The first-order valence-electron chi connectivity index (χ1n) is 5.79. The molecule has 100 valence electrons. The summed E-state index contributed by atoms with van der Waals surface area (Å²) >= 11 is 1.46. The number of sulfone groups is 1. The van der Waals surface area contributed by atoms with Gasteiger partial charge in [0.25, 0.3) is 0 Å². The van der Waals surface area contributed by atoms with Crippen molar-refractivity contribution in [1.29, 1.82) is 0 Å². The van der Waals surface area contributed by atoms with Gasteiger partial charge in [-0.05, 0) is 12.8 Å². The fourth-order valence-corrected chi connectivity index (χ4v) is 4.28. The van der Waals surface area contributed by atoms with Crippen LogP contribution in [0.4, 0.5) is 0 Å². The van der Waals surface area contributed by atoms with Gasteiger partial charge in [0, 0.05) is 0 Å². The van der Waals surface area contributed by atoms with Crippen LogP contribution in [0.15, 0.2) is 0 Å². The van der Waals surface area contributed by atoms with Crippen LogP contribution in [0.3, 0.4) is 0 Å². The Balaban J connectivity index is 1.85. The zero-order valence-electron chi connectivity index (χ0n) is 10.0. The Morgan fingerprint density at radius 3 is 2.72 bits per heavy atom. The smallest absolute Gasteiger partial charge is 0.224 e. The van der Waals surface area contributed by atoms with Crippen LogP contribution in [-0.4, -0.2) is 36.0 Å². The van der Waals surface area contributed by atoms with E-state index in [1.54, 1.807) is 0 Å². The number of aromatic nitrogens is 2. The fourth-order valence-electron chi connectivity index (χ4n) is 1.81. The van der Waals surface area contributed by atoms with Crippen molar-refractivity contribution >= 4 is 27.1 Å². The molecule has 0 aromatic carbocycles. The Morgan fingerprint density at radius 1 is 1.44 bits per heavy atom. The molecule has 1 aromatic rings. The maximum atomic E-state index is 11.8. The summed E-state index contributed by atoms with van der Waals surface area (Å²) in [7, 11) is -3.01. The number of hydrogen-bond acceptors (Lipinski definition) is 6. The number of nitrogens with one attached hydrogen (secondary N) is 1. The molecular formula is C10H15N3O3S2. The number of rotatable bonds is 4. The average Bonchev–Trinajstić information content (AvgIpc) is 2.92. The Labute approximate surface area is 110 Å². The molecule has 6 nitrogen and oxygen atoms in total. The third-order valence-electron chi connectivity index (χ3n) is 2.83. The van der Waals surface area contributed by atoms with Crippen LogP contribution < -0.4 is 5.32 Å². The predicted octanol–water partition coefficient (Wildman–Crippen LogP) is 0.151. The zero-order chi connectivity index (χ0) is 13.2. The van der Waals surface area contributed by atoms with E-state index in [4.69, 9.17) is 0 Å². The molecule has 0 radical (unpaired) electrons. The van der Waals surface area contributed by atoms with Crippen molar-refractivity contribution in [1.82, 2.24) is 15.5 Å². The normalized spacial score (nSPS) is 21.9. The van der Waals surface area contributed by atoms with Gasteiger partial charge in [0.15, 0.2) is 9.84 Å². The Morgan fingerprint density at radius 2 is 2.17 bits per heavy atom. The molecule has 2 heterocycles. The van der Waals surface area contributed by atoms with E-state index >= 15 is 0 Å². The summed E-state index contributed by atoms with van der Waals surface area (Å²) in [5.41, 5.74) is 0. The summed E-state index contributed by atoms with van der Waals surface area (Å²) in [6, 6.07) is 0. The van der Waals surface area contributed by atoms with Gasteiger partial charge >= 0.3 is 0 Å². The highest BCUT2D eigenvalue weighted by Crippen LogP contribution is 2.18. The van der Waals surface area contributed by atoms with Gasteiger partial charge in [-0.15, -0.1) is 10.2 Å². The van der Waals surface area contributed by atoms with Crippen LogP contribution in [0.25, 0.3) is 0 Å². The molecule has 18 heavy (non-hydrogen) atoms. The van der Waals surface area contributed by atoms with E-state index in [2.05, 4.69) is 15.5 Å². The lowest BCUT2D eigenvalue weighted by atomic mass is 10.1. The first-order valence-corrected chi connectivity index (χ1v) is 8.43. The lowest BCUT2D eigenvalue weighted by Gasteiger charge is -2.07. The quantitative estimate of drug-likeness (QED) is 0.852. The third-order valence-corrected chi connectivity index (χ3v) is 5.66. The Bertz CT molecular complexity index is 538.